The third kappa shape index (κ3) is 2.72. The van der Waals surface area contributed by atoms with Crippen molar-refractivity contribution in [1.29, 1.82) is 0 Å². The predicted molar refractivity (Wildman–Crippen MR) is 61.6 cm³/mol. The highest BCUT2D eigenvalue weighted by Crippen LogP contribution is 2.44. The Morgan fingerprint density at radius 1 is 1.25 bits per heavy atom. The van der Waals surface area contributed by atoms with Crippen molar-refractivity contribution in [2.45, 2.75) is 26.9 Å². The first-order valence-corrected chi connectivity index (χ1v) is 5.29. The van der Waals surface area contributed by atoms with Crippen LogP contribution in [0.25, 0.3) is 0 Å². The maximum atomic E-state index is 9.73. The maximum absolute atomic E-state index is 9.73. The van der Waals surface area contributed by atoms with E-state index in [0.29, 0.717) is 23.9 Å². The third-order valence-corrected chi connectivity index (χ3v) is 1.92. The van der Waals surface area contributed by atoms with Crippen LogP contribution >= 0.6 is 0 Å². The van der Waals surface area contributed by atoms with Crippen molar-refractivity contribution in [3.63, 3.8) is 0 Å². The highest BCUT2D eigenvalue weighted by atomic mass is 16.5. The number of phenols is 1. The van der Waals surface area contributed by atoms with Crippen LogP contribution in [0.15, 0.2) is 12.1 Å². The van der Waals surface area contributed by atoms with Gasteiger partial charge in [-0.3, -0.25) is 0 Å². The molecule has 0 aliphatic carbocycles. The number of benzene rings is 1. The van der Waals surface area contributed by atoms with Crippen LogP contribution in [0.3, 0.4) is 0 Å². The van der Waals surface area contributed by atoms with E-state index >= 15 is 0 Å². The summed E-state index contributed by atoms with van der Waals surface area (Å²) in [4.78, 5) is 0. The summed E-state index contributed by atoms with van der Waals surface area (Å²) in [5, 5.41) is 9.73. The van der Waals surface area contributed by atoms with E-state index in [4.69, 9.17) is 14.2 Å². The fourth-order valence-corrected chi connectivity index (χ4v) is 1.33. The third-order valence-electron chi connectivity index (χ3n) is 1.92. The molecule has 0 fully saturated rings. The summed E-state index contributed by atoms with van der Waals surface area (Å²) < 4.78 is 16.1. The highest BCUT2D eigenvalue weighted by molar-refractivity contribution is 5.58. The van der Waals surface area contributed by atoms with Crippen LogP contribution in [0.2, 0.25) is 0 Å². The minimum absolute atomic E-state index is 0.0442. The van der Waals surface area contributed by atoms with Gasteiger partial charge in [-0.2, -0.15) is 0 Å². The van der Waals surface area contributed by atoms with Crippen LogP contribution in [0, 0.1) is 0 Å². The lowest BCUT2D eigenvalue weighted by atomic mass is 10.2. The number of rotatable bonds is 5. The highest BCUT2D eigenvalue weighted by Gasteiger charge is 2.17. The zero-order chi connectivity index (χ0) is 12.1. The van der Waals surface area contributed by atoms with Crippen molar-refractivity contribution in [1.82, 2.24) is 0 Å². The summed E-state index contributed by atoms with van der Waals surface area (Å²) in [5.74, 6) is 1.38. The van der Waals surface area contributed by atoms with Gasteiger partial charge in [-0.05, 0) is 32.9 Å². The van der Waals surface area contributed by atoms with Crippen molar-refractivity contribution in [3.05, 3.63) is 12.1 Å². The molecule has 4 heteroatoms. The topological polar surface area (TPSA) is 47.9 Å². The summed E-state index contributed by atoms with van der Waals surface area (Å²) in [5.41, 5.74) is 0. The molecule has 0 spiro atoms. The van der Waals surface area contributed by atoms with Crippen LogP contribution in [0.4, 0.5) is 0 Å². The van der Waals surface area contributed by atoms with Gasteiger partial charge in [-0.1, -0.05) is 0 Å². The molecule has 1 aromatic carbocycles. The van der Waals surface area contributed by atoms with Crippen molar-refractivity contribution in [3.8, 4) is 23.0 Å². The van der Waals surface area contributed by atoms with E-state index in [1.54, 1.807) is 13.2 Å². The molecule has 1 aromatic rings. The van der Waals surface area contributed by atoms with E-state index in [1.165, 1.54) is 6.07 Å². The van der Waals surface area contributed by atoms with E-state index in [0.717, 1.165) is 0 Å². The lowest BCUT2D eigenvalue weighted by Crippen LogP contribution is -2.08. The quantitative estimate of drug-likeness (QED) is 0.838. The zero-order valence-corrected chi connectivity index (χ0v) is 10.1. The van der Waals surface area contributed by atoms with Gasteiger partial charge in [0.2, 0.25) is 11.5 Å². The summed E-state index contributed by atoms with van der Waals surface area (Å²) in [6, 6.07) is 3.17. The monoisotopic (exact) mass is 226 g/mol. The molecular formula is C12H18O4. The average Bonchev–Trinajstić information content (AvgIpc) is 2.23. The van der Waals surface area contributed by atoms with Gasteiger partial charge in [0.15, 0.2) is 11.5 Å². The number of methoxy groups -OCH3 is 1. The summed E-state index contributed by atoms with van der Waals surface area (Å²) in [6.45, 7) is 6.11. The van der Waals surface area contributed by atoms with Crippen molar-refractivity contribution in [2.75, 3.05) is 13.7 Å². The number of aromatic hydroxyl groups is 1. The zero-order valence-electron chi connectivity index (χ0n) is 10.1. The molecule has 1 N–H and O–H groups in total. The molecule has 4 nitrogen and oxygen atoms in total. The maximum Gasteiger partial charge on any atom is 0.207 e. The van der Waals surface area contributed by atoms with E-state index < -0.39 is 0 Å². The van der Waals surface area contributed by atoms with Gasteiger partial charge in [0.1, 0.15) is 0 Å². The molecule has 0 aromatic heterocycles. The second kappa shape index (κ2) is 5.49. The van der Waals surface area contributed by atoms with Gasteiger partial charge in [-0.25, -0.2) is 0 Å². The molecule has 0 bridgehead atoms. The minimum Gasteiger partial charge on any atom is -0.504 e. The summed E-state index contributed by atoms with van der Waals surface area (Å²) in [7, 11) is 1.55. The first-order chi connectivity index (χ1) is 7.60. The summed E-state index contributed by atoms with van der Waals surface area (Å²) in [6.07, 6.45) is -0.0442. The average molecular weight is 226 g/mol. The Labute approximate surface area is 95.8 Å². The molecule has 0 unspecified atom stereocenters. The van der Waals surface area contributed by atoms with Gasteiger partial charge >= 0.3 is 0 Å². The van der Waals surface area contributed by atoms with Gasteiger partial charge in [0, 0.05) is 0 Å². The second-order valence-electron chi connectivity index (χ2n) is 3.54. The Kier molecular flexibility index (Phi) is 4.28. The summed E-state index contributed by atoms with van der Waals surface area (Å²) >= 11 is 0. The van der Waals surface area contributed by atoms with Crippen LogP contribution in [-0.4, -0.2) is 24.9 Å². The molecule has 1 rings (SSSR count). The van der Waals surface area contributed by atoms with Crippen molar-refractivity contribution >= 4 is 0 Å². The molecule has 0 saturated carbocycles. The fourth-order valence-electron chi connectivity index (χ4n) is 1.33. The molecule has 0 aliphatic rings. The standard InChI is InChI=1S/C12H18O4/c1-5-15-12-10(14-4)7-6-9(13)11(12)16-8(2)3/h6-8,13H,5H2,1-4H3. The normalized spacial score (nSPS) is 10.3. The van der Waals surface area contributed by atoms with E-state index in [9.17, 15) is 5.11 Å². The van der Waals surface area contributed by atoms with Crippen molar-refractivity contribution < 1.29 is 19.3 Å². The largest absolute Gasteiger partial charge is 0.504 e. The van der Waals surface area contributed by atoms with Gasteiger partial charge in [0.05, 0.1) is 19.8 Å². The van der Waals surface area contributed by atoms with E-state index in [-0.39, 0.29) is 11.9 Å². The molecule has 0 radical (unpaired) electrons. The fraction of sp³-hybridized carbons (Fsp3) is 0.500. The van der Waals surface area contributed by atoms with Gasteiger partial charge in [0.25, 0.3) is 0 Å². The Morgan fingerprint density at radius 3 is 2.44 bits per heavy atom. The van der Waals surface area contributed by atoms with Gasteiger partial charge in [-0.15, -0.1) is 0 Å². The SMILES string of the molecule is CCOc1c(OC)ccc(O)c1OC(C)C. The molecule has 0 heterocycles. The Hall–Kier alpha value is -1.58. The first kappa shape index (κ1) is 12.5. The number of hydrogen-bond acceptors (Lipinski definition) is 4. The van der Waals surface area contributed by atoms with E-state index in [1.807, 2.05) is 20.8 Å². The lowest BCUT2D eigenvalue weighted by Gasteiger charge is -2.17. The number of phenolic OH excluding ortho intramolecular Hbond substituents is 1. The molecule has 0 aliphatic heterocycles. The van der Waals surface area contributed by atoms with E-state index in [2.05, 4.69) is 0 Å². The Morgan fingerprint density at radius 2 is 1.94 bits per heavy atom. The Bertz CT molecular complexity index is 347. The second-order valence-corrected chi connectivity index (χ2v) is 3.54. The molecule has 90 valence electrons. The molecule has 0 atom stereocenters. The van der Waals surface area contributed by atoms with Crippen LogP contribution in [0.5, 0.6) is 23.0 Å². The van der Waals surface area contributed by atoms with Crippen LogP contribution < -0.4 is 14.2 Å². The van der Waals surface area contributed by atoms with Crippen LogP contribution in [0.1, 0.15) is 20.8 Å². The first-order valence-electron chi connectivity index (χ1n) is 5.29. The molecule has 0 saturated heterocycles. The predicted octanol–water partition coefficient (Wildman–Crippen LogP) is 2.59. The smallest absolute Gasteiger partial charge is 0.207 e. The number of hydrogen-bond donors (Lipinski definition) is 1. The van der Waals surface area contributed by atoms with Gasteiger partial charge < -0.3 is 19.3 Å². The van der Waals surface area contributed by atoms with Crippen molar-refractivity contribution in [2.24, 2.45) is 0 Å². The molecule has 16 heavy (non-hydrogen) atoms. The molecule has 0 amide bonds. The lowest BCUT2D eigenvalue weighted by molar-refractivity contribution is 0.209. The van der Waals surface area contributed by atoms with Crippen LogP contribution in [-0.2, 0) is 0 Å². The Balaban J connectivity index is 3.18. The molecular weight excluding hydrogens is 208 g/mol. The number of ether oxygens (including phenoxy) is 3. The minimum atomic E-state index is -0.0442.